The van der Waals surface area contributed by atoms with Crippen molar-refractivity contribution in [2.75, 3.05) is 32.7 Å². The number of H-pyrrole nitrogens is 1. The molecule has 0 unspecified atom stereocenters. The Kier molecular flexibility index (Phi) is 6.19. The Hall–Kier alpha value is -4.01. The molecule has 0 aliphatic carbocycles. The largest absolute Gasteiger partial charge is 0.497 e. The molecule has 2 aromatic carbocycles. The van der Waals surface area contributed by atoms with Crippen molar-refractivity contribution in [3.8, 4) is 11.5 Å². The molecule has 4 rings (SSSR count). The van der Waals surface area contributed by atoms with Crippen LogP contribution in [0.4, 0.5) is 5.69 Å². The number of nitrogens with zero attached hydrogens (tertiary/aromatic N) is 2. The molecule has 1 aliphatic rings. The molecule has 34 heavy (non-hydrogen) atoms. The molecular formula is C25H29N5O4. The quantitative estimate of drug-likeness (QED) is 0.471. The summed E-state index contributed by atoms with van der Waals surface area (Å²) < 4.78 is 11.0. The van der Waals surface area contributed by atoms with Crippen LogP contribution in [-0.2, 0) is 9.59 Å². The van der Waals surface area contributed by atoms with Crippen LogP contribution in [0.5, 0.6) is 11.5 Å². The average molecular weight is 464 g/mol. The zero-order valence-electron chi connectivity index (χ0n) is 20.0. The number of methoxy groups -OCH3 is 2. The fourth-order valence-corrected chi connectivity index (χ4v) is 4.41. The van der Waals surface area contributed by atoms with E-state index < -0.39 is 5.54 Å². The molecule has 178 valence electrons. The van der Waals surface area contributed by atoms with Crippen molar-refractivity contribution in [2.24, 2.45) is 0 Å². The van der Waals surface area contributed by atoms with Crippen LogP contribution in [-0.4, -0.2) is 55.0 Å². The van der Waals surface area contributed by atoms with E-state index in [2.05, 4.69) is 15.6 Å². The Balaban J connectivity index is 1.90. The summed E-state index contributed by atoms with van der Waals surface area (Å²) in [6.07, 6.45) is 0.375. The van der Waals surface area contributed by atoms with Crippen LogP contribution in [0.2, 0.25) is 0 Å². The van der Waals surface area contributed by atoms with E-state index in [9.17, 15) is 9.59 Å². The van der Waals surface area contributed by atoms with E-state index in [1.807, 2.05) is 48.2 Å². The Bertz CT molecular complexity index is 1230. The third-order valence-electron chi connectivity index (χ3n) is 6.11. The van der Waals surface area contributed by atoms with Gasteiger partial charge in [0.05, 0.1) is 30.9 Å². The first-order valence-corrected chi connectivity index (χ1v) is 11.0. The van der Waals surface area contributed by atoms with Crippen molar-refractivity contribution in [3.63, 3.8) is 0 Å². The summed E-state index contributed by atoms with van der Waals surface area (Å²) >= 11 is 0. The van der Waals surface area contributed by atoms with Crippen molar-refractivity contribution in [2.45, 2.75) is 25.8 Å². The van der Waals surface area contributed by atoms with Crippen LogP contribution >= 0.6 is 0 Å². The first-order valence-electron chi connectivity index (χ1n) is 11.0. The third-order valence-corrected chi connectivity index (χ3v) is 6.11. The number of imidazole rings is 1. The highest BCUT2D eigenvalue weighted by Gasteiger charge is 2.51. The fraction of sp³-hybridized carbons (Fsp3) is 0.320. The molecule has 1 atom stereocenters. The van der Waals surface area contributed by atoms with Crippen molar-refractivity contribution >= 4 is 34.0 Å². The number of rotatable bonds is 8. The predicted octanol–water partition coefficient (Wildman–Crippen LogP) is 2.84. The Morgan fingerprint density at radius 1 is 1.15 bits per heavy atom. The summed E-state index contributed by atoms with van der Waals surface area (Å²) in [5.74, 6) is 2.02. The number of hydrogen-bond donors (Lipinski definition) is 3. The van der Waals surface area contributed by atoms with Crippen molar-refractivity contribution in [3.05, 3.63) is 54.1 Å². The maximum absolute atomic E-state index is 14.1. The van der Waals surface area contributed by atoms with Gasteiger partial charge in [0.25, 0.3) is 0 Å². The Labute approximate surface area is 198 Å². The lowest BCUT2D eigenvalue weighted by atomic mass is 9.89. The summed E-state index contributed by atoms with van der Waals surface area (Å²) in [5, 5.41) is 6.04. The Morgan fingerprint density at radius 2 is 1.82 bits per heavy atom. The second-order valence-electron chi connectivity index (χ2n) is 8.32. The normalized spacial score (nSPS) is 17.9. The van der Waals surface area contributed by atoms with Gasteiger partial charge in [0.2, 0.25) is 5.91 Å². The number of nitrogens with one attached hydrogen (secondary N) is 3. The molecule has 0 saturated carbocycles. The zero-order valence-corrected chi connectivity index (χ0v) is 20.0. The van der Waals surface area contributed by atoms with E-state index in [4.69, 9.17) is 14.5 Å². The van der Waals surface area contributed by atoms with Crippen LogP contribution in [0.1, 0.15) is 26.1 Å². The predicted molar refractivity (Wildman–Crippen MR) is 131 cm³/mol. The summed E-state index contributed by atoms with van der Waals surface area (Å²) in [5.41, 5.74) is 1.77. The summed E-state index contributed by atoms with van der Waals surface area (Å²) in [6.45, 7) is 3.66. The highest BCUT2D eigenvalue weighted by Crippen LogP contribution is 2.44. The molecule has 2 heterocycles. The molecular weight excluding hydrogens is 434 g/mol. The molecule has 3 aromatic rings. The monoisotopic (exact) mass is 463 g/mol. The van der Waals surface area contributed by atoms with Gasteiger partial charge in [-0.2, -0.15) is 0 Å². The second-order valence-corrected chi connectivity index (χ2v) is 8.32. The molecule has 0 saturated heterocycles. The Morgan fingerprint density at radius 3 is 2.41 bits per heavy atom. The van der Waals surface area contributed by atoms with Crippen LogP contribution in [0.25, 0.3) is 16.6 Å². The number of carbonyl (C=O) groups excluding carboxylic acids is 2. The minimum absolute atomic E-state index is 0.108. The molecule has 0 radical (unpaired) electrons. The lowest BCUT2D eigenvalue weighted by Gasteiger charge is -2.37. The molecule has 1 aromatic heterocycles. The van der Waals surface area contributed by atoms with Gasteiger partial charge in [-0.1, -0.05) is 12.1 Å². The number of hydrogen-bond acceptors (Lipinski definition) is 7. The van der Waals surface area contributed by atoms with Crippen LogP contribution < -0.4 is 25.0 Å². The topological polar surface area (TPSA) is 109 Å². The number of Topliss-reactive ketones (excluding diaryl/α,β-unsaturated/α-hetero) is 1. The number of ether oxygens (including phenoxy) is 2. The highest BCUT2D eigenvalue weighted by molar-refractivity contribution is 6.30. The third kappa shape index (κ3) is 3.93. The fourth-order valence-electron chi connectivity index (χ4n) is 4.41. The van der Waals surface area contributed by atoms with Crippen molar-refractivity contribution in [1.29, 1.82) is 0 Å². The lowest BCUT2D eigenvalue weighted by Crippen LogP contribution is -2.50. The van der Waals surface area contributed by atoms with E-state index in [0.29, 0.717) is 47.4 Å². The zero-order chi connectivity index (χ0) is 24.5. The van der Waals surface area contributed by atoms with Crippen LogP contribution in [0.15, 0.2) is 48.3 Å². The number of para-hydroxylation sites is 2. The second kappa shape index (κ2) is 9.09. The molecule has 3 N–H and O–H groups in total. The smallest absolute Gasteiger partial charge is 0.216 e. The van der Waals surface area contributed by atoms with E-state index in [-0.39, 0.29) is 11.7 Å². The number of aromatic amines is 1. The number of amides is 1. The van der Waals surface area contributed by atoms with Gasteiger partial charge < -0.3 is 30.0 Å². The van der Waals surface area contributed by atoms with Crippen molar-refractivity contribution < 1.29 is 19.1 Å². The minimum atomic E-state index is -1.01. The highest BCUT2D eigenvalue weighted by atomic mass is 16.5. The van der Waals surface area contributed by atoms with Gasteiger partial charge in [0.1, 0.15) is 34.3 Å². The van der Waals surface area contributed by atoms with Crippen molar-refractivity contribution in [1.82, 2.24) is 20.6 Å². The summed E-state index contributed by atoms with van der Waals surface area (Å²) in [7, 11) is 4.94. The van der Waals surface area contributed by atoms with Gasteiger partial charge in [0, 0.05) is 38.7 Å². The van der Waals surface area contributed by atoms with Gasteiger partial charge in [-0.25, -0.2) is 4.98 Å². The first kappa shape index (κ1) is 23.2. The minimum Gasteiger partial charge on any atom is -0.497 e. The molecule has 1 aliphatic heterocycles. The molecule has 9 heteroatoms. The molecule has 0 fully saturated rings. The standard InChI is InChI=1S/C25H29N5O4/c1-15(31)27-11-10-25(2)22(32)21(23-28-19-8-6-7-9-20(19)29-23)24(26-3)30(25)16-12-17(33-4)14-18(13-16)34-5/h6-9,12-14,26H,10-11H2,1-5H3,(H,27,31)(H,28,29)/t25-/m0/s1. The number of anilines is 1. The summed E-state index contributed by atoms with van der Waals surface area (Å²) in [6, 6.07) is 13.1. The molecule has 0 spiro atoms. The lowest BCUT2D eigenvalue weighted by molar-refractivity contribution is -0.120. The van der Waals surface area contributed by atoms with E-state index in [1.165, 1.54) is 6.92 Å². The SMILES string of the molecule is CNC1=C(c2nc3ccccc3[nH]2)C(=O)[C@](C)(CCNC(C)=O)N1c1cc(OC)cc(OC)c1. The van der Waals surface area contributed by atoms with Crippen LogP contribution in [0, 0.1) is 0 Å². The van der Waals surface area contributed by atoms with Gasteiger partial charge in [0.15, 0.2) is 5.78 Å². The van der Waals surface area contributed by atoms with Gasteiger partial charge in [-0.3, -0.25) is 9.59 Å². The number of aromatic nitrogens is 2. The molecule has 0 bridgehead atoms. The maximum Gasteiger partial charge on any atom is 0.216 e. The van der Waals surface area contributed by atoms with Gasteiger partial charge in [-0.15, -0.1) is 0 Å². The summed E-state index contributed by atoms with van der Waals surface area (Å²) in [4.78, 5) is 35.5. The maximum atomic E-state index is 14.1. The van der Waals surface area contributed by atoms with E-state index >= 15 is 0 Å². The van der Waals surface area contributed by atoms with Gasteiger partial charge in [-0.05, 0) is 25.5 Å². The van der Waals surface area contributed by atoms with E-state index in [0.717, 1.165) is 11.0 Å². The molecule has 9 nitrogen and oxygen atoms in total. The van der Waals surface area contributed by atoms with Gasteiger partial charge >= 0.3 is 0 Å². The first-order chi connectivity index (χ1) is 16.3. The average Bonchev–Trinajstić information content (AvgIpc) is 3.35. The molecule has 1 amide bonds. The number of ketones is 1. The van der Waals surface area contributed by atoms with E-state index in [1.54, 1.807) is 27.3 Å². The number of carbonyl (C=O) groups is 2. The van der Waals surface area contributed by atoms with Crippen LogP contribution in [0.3, 0.4) is 0 Å². The number of fused-ring (bicyclic) bond motifs is 1. The number of benzene rings is 2.